The summed E-state index contributed by atoms with van der Waals surface area (Å²) in [7, 11) is 1.81. The van der Waals surface area contributed by atoms with Crippen molar-refractivity contribution in [3.05, 3.63) is 72.6 Å². The first-order chi connectivity index (χ1) is 16.0. The molecular weight excluding hydrogens is 414 g/mol. The lowest BCUT2D eigenvalue weighted by Crippen LogP contribution is -2.12. The molecule has 0 aliphatic carbocycles. The quantitative estimate of drug-likeness (QED) is 0.404. The summed E-state index contributed by atoms with van der Waals surface area (Å²) in [6.45, 7) is 5.13. The van der Waals surface area contributed by atoms with Gasteiger partial charge >= 0.3 is 0 Å². The van der Waals surface area contributed by atoms with Crippen molar-refractivity contribution in [3.63, 3.8) is 0 Å². The maximum atomic E-state index is 12.6. The van der Waals surface area contributed by atoms with Gasteiger partial charge < -0.3 is 10.6 Å². The van der Waals surface area contributed by atoms with E-state index in [1.165, 1.54) is 0 Å². The van der Waals surface area contributed by atoms with Crippen molar-refractivity contribution in [2.24, 2.45) is 13.0 Å². The second kappa shape index (κ2) is 8.38. The van der Waals surface area contributed by atoms with Gasteiger partial charge in [0.15, 0.2) is 17.3 Å². The number of rotatable bonds is 6. The van der Waals surface area contributed by atoms with Gasteiger partial charge in [0.05, 0.1) is 22.9 Å². The molecule has 0 saturated heterocycles. The van der Waals surface area contributed by atoms with Crippen molar-refractivity contribution in [1.82, 2.24) is 24.1 Å². The van der Waals surface area contributed by atoms with Crippen molar-refractivity contribution < 1.29 is 4.79 Å². The molecule has 0 bridgehead atoms. The van der Waals surface area contributed by atoms with E-state index >= 15 is 0 Å². The molecule has 3 aromatic heterocycles. The Labute approximate surface area is 191 Å². The highest BCUT2D eigenvalue weighted by molar-refractivity contribution is 6.04. The van der Waals surface area contributed by atoms with Gasteiger partial charge in [-0.2, -0.15) is 5.10 Å². The molecule has 0 unspecified atom stereocenters. The predicted octanol–water partition coefficient (Wildman–Crippen LogP) is 4.60. The van der Waals surface area contributed by atoms with Crippen molar-refractivity contribution in [2.75, 3.05) is 17.2 Å². The van der Waals surface area contributed by atoms with Gasteiger partial charge in [-0.15, -0.1) is 0 Å². The minimum absolute atomic E-state index is 0.201. The summed E-state index contributed by atoms with van der Waals surface area (Å²) in [5.74, 6) is 1.57. The number of aromatic nitrogens is 5. The summed E-state index contributed by atoms with van der Waals surface area (Å²) in [5, 5.41) is 10.4. The maximum Gasteiger partial charge on any atom is 0.256 e. The van der Waals surface area contributed by atoms with Crippen LogP contribution in [-0.2, 0) is 7.05 Å². The molecule has 0 aliphatic rings. The number of fused-ring (bicyclic) bond motifs is 3. The molecule has 5 aromatic rings. The zero-order chi connectivity index (χ0) is 22.9. The molecule has 1 amide bonds. The molecule has 166 valence electrons. The molecule has 8 nitrogen and oxygen atoms in total. The van der Waals surface area contributed by atoms with Crippen LogP contribution in [0.25, 0.3) is 27.9 Å². The first-order valence-electron chi connectivity index (χ1n) is 10.9. The molecular formula is C25H25N7O. The van der Waals surface area contributed by atoms with Crippen LogP contribution in [0.3, 0.4) is 0 Å². The van der Waals surface area contributed by atoms with Gasteiger partial charge in [0.1, 0.15) is 0 Å². The highest BCUT2D eigenvalue weighted by atomic mass is 16.1. The number of nitrogens with zero attached hydrogens (tertiary/aromatic N) is 5. The molecule has 0 atom stereocenters. The third-order valence-electron chi connectivity index (χ3n) is 5.40. The second-order valence-corrected chi connectivity index (χ2v) is 8.43. The van der Waals surface area contributed by atoms with Crippen LogP contribution in [0.2, 0.25) is 0 Å². The van der Waals surface area contributed by atoms with Crippen LogP contribution >= 0.6 is 0 Å². The lowest BCUT2D eigenvalue weighted by atomic mass is 10.1. The minimum atomic E-state index is -0.201. The van der Waals surface area contributed by atoms with Crippen LogP contribution < -0.4 is 10.6 Å². The number of aryl methyl sites for hydroxylation is 1. The summed E-state index contributed by atoms with van der Waals surface area (Å²) in [5.41, 5.74) is 5.11. The Kier molecular flexibility index (Phi) is 5.26. The SMILES string of the molecule is CC(C)CNc1nc2ccccc2n2c(-c3ccc(C(=O)Nc4ccn(C)n4)cc3)cnc12. The Bertz CT molecular complexity index is 1450. The molecule has 0 radical (unpaired) electrons. The third-order valence-corrected chi connectivity index (χ3v) is 5.40. The standard InChI is InChI=1S/C25H25N7O/c1-16(2)14-26-23-24-27-15-21(32(24)20-7-5-4-6-19(20)28-23)17-8-10-18(11-9-17)25(33)29-22-12-13-31(3)30-22/h4-13,15-16H,14H2,1-3H3,(H,26,28)(H,29,30,33). The van der Waals surface area contributed by atoms with Gasteiger partial charge in [0.25, 0.3) is 5.91 Å². The number of nitrogens with one attached hydrogen (secondary N) is 2. The van der Waals surface area contributed by atoms with E-state index in [9.17, 15) is 4.79 Å². The molecule has 0 aliphatic heterocycles. The van der Waals surface area contributed by atoms with Crippen LogP contribution in [0.15, 0.2) is 67.0 Å². The highest BCUT2D eigenvalue weighted by Crippen LogP contribution is 2.28. The molecule has 8 heteroatoms. The number of hydrogen-bond acceptors (Lipinski definition) is 5. The third kappa shape index (κ3) is 4.03. The van der Waals surface area contributed by atoms with Crippen molar-refractivity contribution >= 4 is 34.2 Å². The summed E-state index contributed by atoms with van der Waals surface area (Å²) in [4.78, 5) is 22.1. The van der Waals surface area contributed by atoms with Crippen molar-refractivity contribution in [1.29, 1.82) is 0 Å². The largest absolute Gasteiger partial charge is 0.367 e. The van der Waals surface area contributed by atoms with Crippen molar-refractivity contribution in [3.8, 4) is 11.3 Å². The Hall–Kier alpha value is -4.20. The van der Waals surface area contributed by atoms with E-state index in [-0.39, 0.29) is 5.91 Å². The fourth-order valence-electron chi connectivity index (χ4n) is 3.77. The topological polar surface area (TPSA) is 89.1 Å². The van der Waals surface area contributed by atoms with Gasteiger partial charge in [0, 0.05) is 37.0 Å². The summed E-state index contributed by atoms with van der Waals surface area (Å²) < 4.78 is 3.76. The predicted molar refractivity (Wildman–Crippen MR) is 130 cm³/mol. The van der Waals surface area contributed by atoms with E-state index in [1.807, 2.05) is 61.8 Å². The van der Waals surface area contributed by atoms with Crippen LogP contribution in [0.1, 0.15) is 24.2 Å². The molecule has 33 heavy (non-hydrogen) atoms. The van der Waals surface area contributed by atoms with E-state index in [4.69, 9.17) is 4.98 Å². The molecule has 0 fully saturated rings. The molecule has 0 spiro atoms. The van der Waals surface area contributed by atoms with Gasteiger partial charge in [-0.05, 0) is 30.2 Å². The van der Waals surface area contributed by atoms with E-state index in [0.717, 1.165) is 40.3 Å². The van der Waals surface area contributed by atoms with Gasteiger partial charge in [-0.25, -0.2) is 9.97 Å². The summed E-state index contributed by atoms with van der Waals surface area (Å²) >= 11 is 0. The Morgan fingerprint density at radius 2 is 1.85 bits per heavy atom. The number of amides is 1. The van der Waals surface area contributed by atoms with E-state index in [0.29, 0.717) is 17.3 Å². The summed E-state index contributed by atoms with van der Waals surface area (Å²) in [6.07, 6.45) is 3.64. The molecule has 0 saturated carbocycles. The number of para-hydroxylation sites is 2. The zero-order valence-electron chi connectivity index (χ0n) is 18.8. The number of carbonyl (C=O) groups excluding carboxylic acids is 1. The molecule has 5 rings (SSSR count). The molecule has 2 N–H and O–H groups in total. The van der Waals surface area contributed by atoms with Gasteiger partial charge in [0.2, 0.25) is 0 Å². The number of benzene rings is 2. The lowest BCUT2D eigenvalue weighted by molar-refractivity contribution is 0.102. The number of anilines is 2. The van der Waals surface area contributed by atoms with Crippen LogP contribution in [-0.4, -0.2) is 36.6 Å². The number of hydrogen-bond donors (Lipinski definition) is 2. The Morgan fingerprint density at radius 3 is 2.58 bits per heavy atom. The van der Waals surface area contributed by atoms with Gasteiger partial charge in [-0.1, -0.05) is 38.1 Å². The van der Waals surface area contributed by atoms with Crippen molar-refractivity contribution in [2.45, 2.75) is 13.8 Å². The van der Waals surface area contributed by atoms with Crippen LogP contribution in [0.5, 0.6) is 0 Å². The average molecular weight is 440 g/mol. The summed E-state index contributed by atoms with van der Waals surface area (Å²) in [6, 6.07) is 17.3. The number of imidazole rings is 1. The molecule has 3 heterocycles. The lowest BCUT2D eigenvalue weighted by Gasteiger charge is -2.13. The first-order valence-corrected chi connectivity index (χ1v) is 10.9. The Balaban J connectivity index is 1.52. The maximum absolute atomic E-state index is 12.6. The zero-order valence-corrected chi connectivity index (χ0v) is 18.8. The van der Waals surface area contributed by atoms with E-state index in [1.54, 1.807) is 16.9 Å². The van der Waals surface area contributed by atoms with Gasteiger partial charge in [-0.3, -0.25) is 13.9 Å². The normalized spacial score (nSPS) is 11.4. The minimum Gasteiger partial charge on any atom is -0.367 e. The monoisotopic (exact) mass is 439 g/mol. The highest BCUT2D eigenvalue weighted by Gasteiger charge is 2.15. The fraction of sp³-hybridized carbons (Fsp3) is 0.200. The second-order valence-electron chi connectivity index (χ2n) is 8.43. The number of carbonyl (C=O) groups is 1. The van der Waals surface area contributed by atoms with E-state index in [2.05, 4.69) is 39.0 Å². The first kappa shape index (κ1) is 20.7. The van der Waals surface area contributed by atoms with E-state index < -0.39 is 0 Å². The molecule has 2 aromatic carbocycles. The van der Waals surface area contributed by atoms with Crippen LogP contribution in [0.4, 0.5) is 11.6 Å². The average Bonchev–Trinajstić information content (AvgIpc) is 3.44. The Morgan fingerprint density at radius 1 is 1.06 bits per heavy atom. The fourth-order valence-corrected chi connectivity index (χ4v) is 3.77. The smallest absolute Gasteiger partial charge is 0.256 e. The van der Waals surface area contributed by atoms with Crippen LogP contribution in [0, 0.1) is 5.92 Å².